The molecule has 0 bridgehead atoms. The summed E-state index contributed by atoms with van der Waals surface area (Å²) in [5.74, 6) is 0. The predicted molar refractivity (Wildman–Crippen MR) is 69.1 cm³/mol. The van der Waals surface area contributed by atoms with Crippen LogP contribution in [0.5, 0.6) is 0 Å². The van der Waals surface area contributed by atoms with Crippen molar-refractivity contribution in [3.8, 4) is 0 Å². The van der Waals surface area contributed by atoms with Gasteiger partial charge in [-0.1, -0.05) is 11.6 Å². The number of hydrogen-bond donors (Lipinski definition) is 0. The Morgan fingerprint density at radius 2 is 2.41 bits per heavy atom. The molecule has 0 spiro atoms. The summed E-state index contributed by atoms with van der Waals surface area (Å²) in [6.07, 6.45) is 3.34. The van der Waals surface area contributed by atoms with Gasteiger partial charge in [0, 0.05) is 31.5 Å². The van der Waals surface area contributed by atoms with Crippen molar-refractivity contribution in [3.63, 3.8) is 0 Å². The van der Waals surface area contributed by atoms with Crippen LogP contribution in [0.15, 0.2) is 18.2 Å². The molecule has 0 aliphatic carbocycles. The summed E-state index contributed by atoms with van der Waals surface area (Å²) in [4.78, 5) is 12.8. The SMILES string of the molecule is CN(CC1CCCO1)c1ccc(C=O)c(Cl)c1. The maximum absolute atomic E-state index is 10.7. The minimum absolute atomic E-state index is 0.310. The minimum atomic E-state index is 0.310. The fraction of sp³-hybridized carbons (Fsp3) is 0.462. The van der Waals surface area contributed by atoms with Crippen molar-refractivity contribution in [2.24, 2.45) is 0 Å². The zero-order valence-corrected chi connectivity index (χ0v) is 10.6. The van der Waals surface area contributed by atoms with Gasteiger partial charge in [-0.25, -0.2) is 0 Å². The molecule has 92 valence electrons. The largest absolute Gasteiger partial charge is 0.376 e. The van der Waals surface area contributed by atoms with E-state index < -0.39 is 0 Å². The normalized spacial score (nSPS) is 19.3. The second-order valence-electron chi connectivity index (χ2n) is 4.34. The lowest BCUT2D eigenvalue weighted by molar-refractivity contribution is 0.112. The quantitative estimate of drug-likeness (QED) is 0.773. The number of hydrogen-bond acceptors (Lipinski definition) is 3. The van der Waals surface area contributed by atoms with E-state index in [9.17, 15) is 4.79 Å². The molecule has 1 aliphatic rings. The molecule has 17 heavy (non-hydrogen) atoms. The van der Waals surface area contributed by atoms with Gasteiger partial charge in [-0.3, -0.25) is 4.79 Å². The highest BCUT2D eigenvalue weighted by molar-refractivity contribution is 6.33. The predicted octanol–water partition coefficient (Wildman–Crippen LogP) is 2.77. The molecule has 1 fully saturated rings. The molecule has 1 aromatic carbocycles. The number of carbonyl (C=O) groups excluding carboxylic acids is 1. The van der Waals surface area contributed by atoms with Crippen LogP contribution in [-0.2, 0) is 4.74 Å². The van der Waals surface area contributed by atoms with E-state index in [1.165, 1.54) is 0 Å². The van der Waals surface area contributed by atoms with Gasteiger partial charge in [-0.15, -0.1) is 0 Å². The Morgan fingerprint density at radius 3 is 3.00 bits per heavy atom. The molecule has 0 saturated carbocycles. The molecular formula is C13H16ClNO2. The monoisotopic (exact) mass is 253 g/mol. The molecule has 1 heterocycles. The zero-order valence-electron chi connectivity index (χ0n) is 9.86. The number of aldehydes is 1. The molecule has 0 amide bonds. The smallest absolute Gasteiger partial charge is 0.151 e. The molecule has 1 saturated heterocycles. The third-order valence-corrected chi connectivity index (χ3v) is 3.38. The van der Waals surface area contributed by atoms with Crippen LogP contribution >= 0.6 is 11.6 Å². The average molecular weight is 254 g/mol. The summed E-state index contributed by atoms with van der Waals surface area (Å²) in [6, 6.07) is 5.47. The van der Waals surface area contributed by atoms with Gasteiger partial charge in [0.2, 0.25) is 0 Å². The van der Waals surface area contributed by atoms with E-state index in [1.807, 2.05) is 19.2 Å². The molecule has 1 unspecified atom stereocenters. The van der Waals surface area contributed by atoms with Gasteiger partial charge in [-0.2, -0.15) is 0 Å². The fourth-order valence-electron chi connectivity index (χ4n) is 2.05. The Morgan fingerprint density at radius 1 is 1.59 bits per heavy atom. The van der Waals surface area contributed by atoms with Crippen molar-refractivity contribution >= 4 is 23.6 Å². The molecule has 1 atom stereocenters. The van der Waals surface area contributed by atoms with Crippen LogP contribution < -0.4 is 4.90 Å². The first kappa shape index (κ1) is 12.4. The lowest BCUT2D eigenvalue weighted by atomic mass is 10.2. The van der Waals surface area contributed by atoms with Crippen molar-refractivity contribution in [3.05, 3.63) is 28.8 Å². The summed E-state index contributed by atoms with van der Waals surface area (Å²) in [5, 5.41) is 0.497. The number of halogens is 1. The van der Waals surface area contributed by atoms with Crippen LogP contribution in [0.1, 0.15) is 23.2 Å². The molecule has 2 rings (SSSR count). The van der Waals surface area contributed by atoms with Crippen molar-refractivity contribution in [1.29, 1.82) is 0 Å². The van der Waals surface area contributed by atoms with Gasteiger partial charge < -0.3 is 9.64 Å². The highest BCUT2D eigenvalue weighted by Crippen LogP contribution is 2.23. The second kappa shape index (κ2) is 5.52. The fourth-order valence-corrected chi connectivity index (χ4v) is 2.27. The Kier molecular flexibility index (Phi) is 4.02. The number of ether oxygens (including phenoxy) is 1. The first-order valence-corrected chi connectivity index (χ1v) is 6.16. The van der Waals surface area contributed by atoms with Gasteiger partial charge >= 0.3 is 0 Å². The lowest BCUT2D eigenvalue weighted by Crippen LogP contribution is -2.28. The molecular weight excluding hydrogens is 238 g/mol. The number of anilines is 1. The maximum Gasteiger partial charge on any atom is 0.151 e. The van der Waals surface area contributed by atoms with Crippen LogP contribution in [0.4, 0.5) is 5.69 Å². The summed E-state index contributed by atoms with van der Waals surface area (Å²) < 4.78 is 5.59. The van der Waals surface area contributed by atoms with E-state index in [4.69, 9.17) is 16.3 Å². The van der Waals surface area contributed by atoms with E-state index in [0.717, 1.165) is 38.0 Å². The molecule has 1 aliphatic heterocycles. The zero-order chi connectivity index (χ0) is 12.3. The number of benzene rings is 1. The summed E-state index contributed by atoms with van der Waals surface area (Å²) in [6.45, 7) is 1.72. The first-order chi connectivity index (χ1) is 8.20. The molecule has 3 nitrogen and oxygen atoms in total. The van der Waals surface area contributed by atoms with E-state index >= 15 is 0 Å². The number of likely N-dealkylation sites (N-methyl/N-ethyl adjacent to an activating group) is 1. The van der Waals surface area contributed by atoms with E-state index in [2.05, 4.69) is 4.90 Å². The lowest BCUT2D eigenvalue weighted by Gasteiger charge is -2.23. The van der Waals surface area contributed by atoms with E-state index in [-0.39, 0.29) is 0 Å². The highest BCUT2D eigenvalue weighted by Gasteiger charge is 2.17. The summed E-state index contributed by atoms with van der Waals surface area (Å²) in [7, 11) is 2.01. The van der Waals surface area contributed by atoms with Crippen LogP contribution in [-0.4, -0.2) is 32.6 Å². The van der Waals surface area contributed by atoms with Crippen LogP contribution in [0.2, 0.25) is 5.02 Å². The summed E-state index contributed by atoms with van der Waals surface area (Å²) >= 11 is 6.00. The standard InChI is InChI=1S/C13H16ClNO2/c1-15(8-12-3-2-6-17-12)11-5-4-10(9-16)13(14)7-11/h4-5,7,9,12H,2-3,6,8H2,1H3. The van der Waals surface area contributed by atoms with Gasteiger partial charge in [0.1, 0.15) is 0 Å². The Balaban J connectivity index is 2.05. The van der Waals surface area contributed by atoms with E-state index in [0.29, 0.717) is 16.7 Å². The molecule has 0 N–H and O–H groups in total. The topological polar surface area (TPSA) is 29.5 Å². The number of nitrogens with zero attached hydrogens (tertiary/aromatic N) is 1. The summed E-state index contributed by atoms with van der Waals surface area (Å²) in [5.41, 5.74) is 1.54. The van der Waals surface area contributed by atoms with Gasteiger partial charge in [0.05, 0.1) is 11.1 Å². The molecule has 0 aromatic heterocycles. The third-order valence-electron chi connectivity index (χ3n) is 3.05. The average Bonchev–Trinajstić information content (AvgIpc) is 2.81. The molecule has 1 aromatic rings. The number of rotatable bonds is 4. The van der Waals surface area contributed by atoms with Crippen molar-refractivity contribution in [1.82, 2.24) is 0 Å². The second-order valence-corrected chi connectivity index (χ2v) is 4.75. The van der Waals surface area contributed by atoms with Crippen LogP contribution in [0.25, 0.3) is 0 Å². The van der Waals surface area contributed by atoms with Crippen molar-refractivity contribution < 1.29 is 9.53 Å². The van der Waals surface area contributed by atoms with Gasteiger partial charge in [0.15, 0.2) is 6.29 Å². The molecule has 0 radical (unpaired) electrons. The van der Waals surface area contributed by atoms with Crippen molar-refractivity contribution in [2.45, 2.75) is 18.9 Å². The van der Waals surface area contributed by atoms with Gasteiger partial charge in [0.25, 0.3) is 0 Å². The third kappa shape index (κ3) is 2.99. The maximum atomic E-state index is 10.7. The van der Waals surface area contributed by atoms with E-state index in [1.54, 1.807) is 6.07 Å². The highest BCUT2D eigenvalue weighted by atomic mass is 35.5. The molecule has 4 heteroatoms. The van der Waals surface area contributed by atoms with Crippen molar-refractivity contribution in [2.75, 3.05) is 25.1 Å². The Labute approximate surface area is 106 Å². The first-order valence-electron chi connectivity index (χ1n) is 5.78. The van der Waals surface area contributed by atoms with Crippen LogP contribution in [0, 0.1) is 0 Å². The number of carbonyl (C=O) groups is 1. The van der Waals surface area contributed by atoms with Crippen LogP contribution in [0.3, 0.4) is 0 Å². The Hall–Kier alpha value is -1.06. The Bertz CT molecular complexity index is 402. The van der Waals surface area contributed by atoms with Gasteiger partial charge in [-0.05, 0) is 31.0 Å². The minimum Gasteiger partial charge on any atom is -0.376 e.